The number of amides is 1. The van der Waals surface area contributed by atoms with E-state index in [2.05, 4.69) is 23.0 Å². The first kappa shape index (κ1) is 25.3. The van der Waals surface area contributed by atoms with E-state index in [1.807, 2.05) is 79.0 Å². The van der Waals surface area contributed by atoms with Gasteiger partial charge in [0.05, 0.1) is 0 Å². The third kappa shape index (κ3) is 7.09. The Labute approximate surface area is 223 Å². The summed E-state index contributed by atoms with van der Waals surface area (Å²) in [5.41, 5.74) is 3.48. The predicted molar refractivity (Wildman–Crippen MR) is 145 cm³/mol. The molecule has 0 N–H and O–H groups in total. The zero-order valence-electron chi connectivity index (χ0n) is 21.5. The number of pyridine rings is 2. The molecule has 5 rings (SSSR count). The SMILES string of the molecule is Cc1ccnc(CCc2ccc(OC(=O)N3CCC(Oc4ccc(Oc5ccccn5)cc4)CC3)cc2)c1. The van der Waals surface area contributed by atoms with Crippen molar-refractivity contribution in [1.29, 1.82) is 0 Å². The molecule has 2 aromatic carbocycles. The average molecular weight is 510 g/mol. The molecule has 1 amide bonds. The highest BCUT2D eigenvalue weighted by Crippen LogP contribution is 2.25. The van der Waals surface area contributed by atoms with Crippen LogP contribution in [0.1, 0.15) is 29.7 Å². The molecule has 0 aliphatic carbocycles. The van der Waals surface area contributed by atoms with Crippen molar-refractivity contribution < 1.29 is 19.0 Å². The summed E-state index contributed by atoms with van der Waals surface area (Å²) < 4.78 is 17.5. The summed E-state index contributed by atoms with van der Waals surface area (Å²) in [7, 11) is 0. The zero-order chi connectivity index (χ0) is 26.2. The standard InChI is InChI=1S/C31H31N3O4/c1-23-15-19-32-25(22-23)8-5-24-6-9-28(10-7-24)38-31(35)34-20-16-29(17-21-34)36-26-11-13-27(14-12-26)37-30-4-2-3-18-33-30/h2-4,6-7,9-15,18-19,22,29H,5,8,16-17,20-21H2,1H3. The normalized spacial score (nSPS) is 13.7. The van der Waals surface area contributed by atoms with Crippen molar-refractivity contribution in [2.45, 2.75) is 38.7 Å². The molecule has 0 bridgehead atoms. The Morgan fingerprint density at radius 3 is 2.29 bits per heavy atom. The molecule has 7 nitrogen and oxygen atoms in total. The van der Waals surface area contributed by atoms with E-state index in [-0.39, 0.29) is 12.2 Å². The molecule has 0 unspecified atom stereocenters. The van der Waals surface area contributed by atoms with Crippen LogP contribution in [-0.4, -0.2) is 40.2 Å². The van der Waals surface area contributed by atoms with Gasteiger partial charge in [-0.2, -0.15) is 0 Å². The average Bonchev–Trinajstić information content (AvgIpc) is 2.95. The van der Waals surface area contributed by atoms with Crippen molar-refractivity contribution in [3.63, 3.8) is 0 Å². The Hall–Kier alpha value is -4.39. The number of benzene rings is 2. The maximum Gasteiger partial charge on any atom is 0.415 e. The van der Waals surface area contributed by atoms with Crippen molar-refractivity contribution in [2.75, 3.05) is 13.1 Å². The lowest BCUT2D eigenvalue weighted by Gasteiger charge is -2.31. The molecule has 1 aliphatic heterocycles. The number of nitrogens with zero attached hydrogens (tertiary/aromatic N) is 3. The Kier molecular flexibility index (Phi) is 8.13. The Morgan fingerprint density at radius 1 is 0.842 bits per heavy atom. The van der Waals surface area contributed by atoms with Gasteiger partial charge in [-0.25, -0.2) is 9.78 Å². The summed E-state index contributed by atoms with van der Waals surface area (Å²) in [6, 6.07) is 24.9. The van der Waals surface area contributed by atoms with Crippen LogP contribution in [0.3, 0.4) is 0 Å². The minimum Gasteiger partial charge on any atom is -0.490 e. The molecule has 0 radical (unpaired) electrons. The third-order valence-corrected chi connectivity index (χ3v) is 6.46. The fourth-order valence-electron chi connectivity index (χ4n) is 4.36. The first-order valence-corrected chi connectivity index (χ1v) is 12.9. The van der Waals surface area contributed by atoms with Gasteiger partial charge in [0.25, 0.3) is 0 Å². The fraction of sp³-hybridized carbons (Fsp3) is 0.258. The van der Waals surface area contributed by atoms with Crippen LogP contribution >= 0.6 is 0 Å². The largest absolute Gasteiger partial charge is 0.490 e. The van der Waals surface area contributed by atoms with Crippen molar-refractivity contribution in [1.82, 2.24) is 14.9 Å². The number of ether oxygens (including phenoxy) is 3. The van der Waals surface area contributed by atoms with E-state index < -0.39 is 0 Å². The minimum atomic E-state index is -0.323. The molecule has 0 atom stereocenters. The number of hydrogen-bond donors (Lipinski definition) is 0. The molecule has 0 saturated carbocycles. The van der Waals surface area contributed by atoms with E-state index in [0.29, 0.717) is 30.5 Å². The van der Waals surface area contributed by atoms with E-state index in [9.17, 15) is 4.79 Å². The molecule has 1 saturated heterocycles. The van der Waals surface area contributed by atoms with Gasteiger partial charge in [-0.15, -0.1) is 0 Å². The summed E-state index contributed by atoms with van der Waals surface area (Å²) in [6.45, 7) is 3.25. The first-order chi connectivity index (χ1) is 18.6. The van der Waals surface area contributed by atoms with Gasteiger partial charge in [-0.05, 0) is 85.5 Å². The molecule has 7 heteroatoms. The van der Waals surface area contributed by atoms with Crippen LogP contribution in [0.25, 0.3) is 0 Å². The second-order valence-electron chi connectivity index (χ2n) is 9.38. The number of carbonyl (C=O) groups is 1. The lowest BCUT2D eigenvalue weighted by atomic mass is 10.1. The molecular weight excluding hydrogens is 478 g/mol. The zero-order valence-corrected chi connectivity index (χ0v) is 21.5. The smallest absolute Gasteiger partial charge is 0.415 e. The summed E-state index contributed by atoms with van der Waals surface area (Å²) in [4.78, 5) is 23.0. The molecule has 1 fully saturated rings. The van der Waals surface area contributed by atoms with E-state index in [1.54, 1.807) is 11.1 Å². The van der Waals surface area contributed by atoms with Crippen molar-refractivity contribution in [2.24, 2.45) is 0 Å². The van der Waals surface area contributed by atoms with Crippen LogP contribution in [0.2, 0.25) is 0 Å². The highest BCUT2D eigenvalue weighted by atomic mass is 16.6. The molecule has 38 heavy (non-hydrogen) atoms. The molecular formula is C31H31N3O4. The van der Waals surface area contributed by atoms with Gasteiger partial charge >= 0.3 is 6.09 Å². The Balaban J connectivity index is 1.04. The second kappa shape index (κ2) is 12.2. The first-order valence-electron chi connectivity index (χ1n) is 12.9. The van der Waals surface area contributed by atoms with Crippen molar-refractivity contribution in [3.8, 4) is 23.1 Å². The van der Waals surface area contributed by atoms with E-state index in [0.717, 1.165) is 37.1 Å². The number of aryl methyl sites for hydroxylation is 3. The Morgan fingerprint density at radius 2 is 1.58 bits per heavy atom. The van der Waals surface area contributed by atoms with Crippen LogP contribution < -0.4 is 14.2 Å². The summed E-state index contributed by atoms with van der Waals surface area (Å²) in [5.74, 6) is 2.58. The maximum absolute atomic E-state index is 12.7. The topological polar surface area (TPSA) is 73.8 Å². The lowest BCUT2D eigenvalue weighted by Crippen LogP contribution is -2.43. The van der Waals surface area contributed by atoms with Crippen LogP contribution in [0, 0.1) is 6.92 Å². The van der Waals surface area contributed by atoms with Gasteiger partial charge in [0.15, 0.2) is 0 Å². The van der Waals surface area contributed by atoms with Gasteiger partial charge in [-0.1, -0.05) is 18.2 Å². The quantitative estimate of drug-likeness (QED) is 0.273. The molecule has 1 aliphatic rings. The predicted octanol–water partition coefficient (Wildman–Crippen LogP) is 6.40. The summed E-state index contributed by atoms with van der Waals surface area (Å²) >= 11 is 0. The number of rotatable bonds is 8. The van der Waals surface area contributed by atoms with E-state index >= 15 is 0 Å². The Bertz CT molecular complexity index is 1320. The van der Waals surface area contributed by atoms with E-state index in [1.165, 1.54) is 11.1 Å². The summed E-state index contributed by atoms with van der Waals surface area (Å²) in [6.07, 6.45) is 6.51. The van der Waals surface area contributed by atoms with E-state index in [4.69, 9.17) is 14.2 Å². The molecule has 194 valence electrons. The minimum absolute atomic E-state index is 0.0452. The van der Waals surface area contributed by atoms with Gasteiger partial charge in [-0.3, -0.25) is 4.98 Å². The highest BCUT2D eigenvalue weighted by molar-refractivity contribution is 5.70. The van der Waals surface area contributed by atoms with Crippen LogP contribution in [0.15, 0.2) is 91.3 Å². The van der Waals surface area contributed by atoms with Crippen LogP contribution in [0.5, 0.6) is 23.1 Å². The molecule has 0 spiro atoms. The number of likely N-dealkylation sites (tertiary alicyclic amines) is 1. The second-order valence-corrected chi connectivity index (χ2v) is 9.38. The number of piperidine rings is 1. The monoisotopic (exact) mass is 509 g/mol. The van der Waals surface area contributed by atoms with Gasteiger partial charge in [0, 0.05) is 50.1 Å². The molecule has 3 heterocycles. The maximum atomic E-state index is 12.7. The summed E-state index contributed by atoms with van der Waals surface area (Å²) in [5, 5.41) is 0. The number of carbonyl (C=O) groups excluding carboxylic acids is 1. The third-order valence-electron chi connectivity index (χ3n) is 6.46. The van der Waals surface area contributed by atoms with Crippen molar-refractivity contribution >= 4 is 6.09 Å². The number of aromatic nitrogens is 2. The lowest BCUT2D eigenvalue weighted by molar-refractivity contribution is 0.0930. The van der Waals surface area contributed by atoms with Gasteiger partial charge < -0.3 is 19.1 Å². The van der Waals surface area contributed by atoms with Crippen LogP contribution in [0.4, 0.5) is 4.79 Å². The fourth-order valence-corrected chi connectivity index (χ4v) is 4.36. The highest BCUT2D eigenvalue weighted by Gasteiger charge is 2.25. The number of hydrogen-bond acceptors (Lipinski definition) is 6. The van der Waals surface area contributed by atoms with Crippen molar-refractivity contribution in [3.05, 3.63) is 108 Å². The van der Waals surface area contributed by atoms with Gasteiger partial charge in [0.1, 0.15) is 23.4 Å². The van der Waals surface area contributed by atoms with Gasteiger partial charge in [0.2, 0.25) is 5.88 Å². The molecule has 4 aromatic rings. The van der Waals surface area contributed by atoms with Crippen LogP contribution in [-0.2, 0) is 12.8 Å². The molecule has 2 aromatic heterocycles.